The van der Waals surface area contributed by atoms with Crippen molar-refractivity contribution in [2.45, 2.75) is 19.3 Å². The Morgan fingerprint density at radius 3 is 3.07 bits per heavy atom. The van der Waals surface area contributed by atoms with Gasteiger partial charge in [0.05, 0.1) is 0 Å². The smallest absolute Gasteiger partial charge is 0.125 e. The van der Waals surface area contributed by atoms with E-state index in [9.17, 15) is 0 Å². The first-order chi connectivity index (χ1) is 6.83. The standard InChI is InChI=1S/C11H15N3/c1-2-3-4-5-7-13-10-6-8-14-11(12)9-10/h1,6,8-9H,3-5,7H2,(H3,12,13,14). The SMILES string of the molecule is C#CCCCCNc1ccnc(N)c1. The first kappa shape index (κ1) is 10.4. The van der Waals surface area contributed by atoms with E-state index >= 15 is 0 Å². The fraction of sp³-hybridized carbons (Fsp3) is 0.364. The Labute approximate surface area is 84.7 Å². The van der Waals surface area contributed by atoms with Gasteiger partial charge in [0.2, 0.25) is 0 Å². The summed E-state index contributed by atoms with van der Waals surface area (Å²) < 4.78 is 0. The molecule has 3 nitrogen and oxygen atoms in total. The van der Waals surface area contributed by atoms with Crippen molar-refractivity contribution in [3.63, 3.8) is 0 Å². The molecule has 0 unspecified atom stereocenters. The number of unbranched alkanes of at least 4 members (excludes halogenated alkanes) is 2. The Morgan fingerprint density at radius 1 is 1.50 bits per heavy atom. The number of rotatable bonds is 5. The van der Waals surface area contributed by atoms with Gasteiger partial charge in [-0.05, 0) is 18.9 Å². The Morgan fingerprint density at radius 2 is 2.36 bits per heavy atom. The average molecular weight is 189 g/mol. The van der Waals surface area contributed by atoms with Crippen LogP contribution >= 0.6 is 0 Å². The van der Waals surface area contributed by atoms with E-state index in [0.29, 0.717) is 5.82 Å². The number of terminal acetylenes is 1. The van der Waals surface area contributed by atoms with E-state index < -0.39 is 0 Å². The third-order valence-electron chi connectivity index (χ3n) is 1.86. The second kappa shape index (κ2) is 5.87. The number of hydrogen-bond donors (Lipinski definition) is 2. The highest BCUT2D eigenvalue weighted by molar-refractivity contribution is 5.49. The third kappa shape index (κ3) is 3.81. The predicted octanol–water partition coefficient (Wildman–Crippen LogP) is 1.88. The molecule has 0 atom stereocenters. The van der Waals surface area contributed by atoms with Crippen LogP contribution < -0.4 is 11.1 Å². The minimum absolute atomic E-state index is 0.540. The molecule has 0 fully saturated rings. The van der Waals surface area contributed by atoms with E-state index in [0.717, 1.165) is 31.5 Å². The Balaban J connectivity index is 2.22. The van der Waals surface area contributed by atoms with Gasteiger partial charge in [0.25, 0.3) is 0 Å². The van der Waals surface area contributed by atoms with Crippen LogP contribution in [-0.4, -0.2) is 11.5 Å². The highest BCUT2D eigenvalue weighted by atomic mass is 14.9. The molecule has 0 radical (unpaired) electrons. The number of anilines is 2. The van der Waals surface area contributed by atoms with Gasteiger partial charge in [-0.2, -0.15) is 0 Å². The molecule has 0 aliphatic rings. The highest BCUT2D eigenvalue weighted by Crippen LogP contribution is 2.08. The summed E-state index contributed by atoms with van der Waals surface area (Å²) in [6, 6.07) is 3.72. The minimum Gasteiger partial charge on any atom is -0.385 e. The molecule has 1 heterocycles. The zero-order valence-electron chi connectivity index (χ0n) is 8.16. The maximum Gasteiger partial charge on any atom is 0.125 e. The molecule has 0 aliphatic carbocycles. The van der Waals surface area contributed by atoms with Crippen molar-refractivity contribution >= 4 is 11.5 Å². The van der Waals surface area contributed by atoms with Gasteiger partial charge < -0.3 is 11.1 Å². The van der Waals surface area contributed by atoms with Crippen LogP contribution in [0.2, 0.25) is 0 Å². The first-order valence-electron chi connectivity index (χ1n) is 4.72. The van der Waals surface area contributed by atoms with Gasteiger partial charge in [-0.3, -0.25) is 0 Å². The molecule has 14 heavy (non-hydrogen) atoms. The molecular weight excluding hydrogens is 174 g/mol. The molecule has 1 aromatic rings. The van der Waals surface area contributed by atoms with Crippen LogP contribution in [-0.2, 0) is 0 Å². The van der Waals surface area contributed by atoms with E-state index in [1.165, 1.54) is 0 Å². The molecule has 0 aromatic carbocycles. The van der Waals surface area contributed by atoms with Crippen molar-refractivity contribution in [2.75, 3.05) is 17.6 Å². The van der Waals surface area contributed by atoms with Crippen LogP contribution in [0.5, 0.6) is 0 Å². The van der Waals surface area contributed by atoms with Crippen molar-refractivity contribution in [2.24, 2.45) is 0 Å². The Hall–Kier alpha value is -1.69. The molecule has 0 amide bonds. The molecule has 1 rings (SSSR count). The second-order valence-corrected chi connectivity index (χ2v) is 3.06. The lowest BCUT2D eigenvalue weighted by molar-refractivity contribution is 0.789. The second-order valence-electron chi connectivity index (χ2n) is 3.06. The van der Waals surface area contributed by atoms with E-state index in [4.69, 9.17) is 12.2 Å². The molecule has 1 aromatic heterocycles. The maximum atomic E-state index is 5.53. The molecular formula is C11H15N3. The van der Waals surface area contributed by atoms with Crippen LogP contribution in [0.1, 0.15) is 19.3 Å². The van der Waals surface area contributed by atoms with E-state index in [2.05, 4.69) is 16.2 Å². The predicted molar refractivity (Wildman–Crippen MR) is 59.8 cm³/mol. The minimum atomic E-state index is 0.540. The lowest BCUT2D eigenvalue weighted by Gasteiger charge is -2.05. The summed E-state index contributed by atoms with van der Waals surface area (Å²) in [4.78, 5) is 3.91. The number of hydrogen-bond acceptors (Lipinski definition) is 3. The molecule has 3 N–H and O–H groups in total. The van der Waals surface area contributed by atoms with Crippen LogP contribution in [0.15, 0.2) is 18.3 Å². The Bertz CT molecular complexity index is 315. The average Bonchev–Trinajstić information content (AvgIpc) is 2.18. The van der Waals surface area contributed by atoms with Crippen molar-refractivity contribution in [3.8, 4) is 12.3 Å². The van der Waals surface area contributed by atoms with E-state index in [1.807, 2.05) is 12.1 Å². The van der Waals surface area contributed by atoms with Crippen molar-refractivity contribution < 1.29 is 0 Å². The van der Waals surface area contributed by atoms with Gasteiger partial charge >= 0.3 is 0 Å². The zero-order chi connectivity index (χ0) is 10.2. The normalized spacial score (nSPS) is 9.36. The molecule has 0 saturated heterocycles. The number of aromatic nitrogens is 1. The lowest BCUT2D eigenvalue weighted by Crippen LogP contribution is -2.02. The van der Waals surface area contributed by atoms with Gasteiger partial charge in [-0.1, -0.05) is 0 Å². The quantitative estimate of drug-likeness (QED) is 0.549. The largest absolute Gasteiger partial charge is 0.385 e. The summed E-state index contributed by atoms with van der Waals surface area (Å²) in [5.74, 6) is 3.16. The zero-order valence-corrected chi connectivity index (χ0v) is 8.16. The van der Waals surface area contributed by atoms with Crippen molar-refractivity contribution in [3.05, 3.63) is 18.3 Å². The summed E-state index contributed by atoms with van der Waals surface area (Å²) >= 11 is 0. The monoisotopic (exact) mass is 189 g/mol. The number of nitrogens with one attached hydrogen (secondary N) is 1. The van der Waals surface area contributed by atoms with Crippen LogP contribution in [0.3, 0.4) is 0 Å². The number of nitrogen functional groups attached to an aromatic ring is 1. The van der Waals surface area contributed by atoms with Gasteiger partial charge in [0, 0.05) is 30.9 Å². The van der Waals surface area contributed by atoms with Crippen molar-refractivity contribution in [1.29, 1.82) is 0 Å². The van der Waals surface area contributed by atoms with Crippen LogP contribution in [0, 0.1) is 12.3 Å². The summed E-state index contributed by atoms with van der Waals surface area (Å²) in [7, 11) is 0. The Kier molecular flexibility index (Phi) is 4.36. The van der Waals surface area contributed by atoms with Crippen molar-refractivity contribution in [1.82, 2.24) is 4.98 Å². The topological polar surface area (TPSA) is 50.9 Å². The highest BCUT2D eigenvalue weighted by Gasteiger charge is 1.92. The number of nitrogens with zero attached hydrogens (tertiary/aromatic N) is 1. The van der Waals surface area contributed by atoms with Crippen LogP contribution in [0.25, 0.3) is 0 Å². The fourth-order valence-electron chi connectivity index (χ4n) is 1.14. The summed E-state index contributed by atoms with van der Waals surface area (Å²) in [5, 5.41) is 3.26. The molecule has 0 aliphatic heterocycles. The maximum absolute atomic E-state index is 5.53. The lowest BCUT2D eigenvalue weighted by atomic mass is 10.2. The summed E-state index contributed by atoms with van der Waals surface area (Å²) in [6.07, 6.45) is 9.82. The molecule has 74 valence electrons. The third-order valence-corrected chi connectivity index (χ3v) is 1.86. The molecule has 0 bridgehead atoms. The summed E-state index contributed by atoms with van der Waals surface area (Å²) in [5.41, 5.74) is 6.55. The van der Waals surface area contributed by atoms with Gasteiger partial charge in [0.1, 0.15) is 5.82 Å². The molecule has 3 heteroatoms. The van der Waals surface area contributed by atoms with Gasteiger partial charge in [0.15, 0.2) is 0 Å². The first-order valence-corrected chi connectivity index (χ1v) is 4.72. The number of nitrogens with two attached hydrogens (primary N) is 1. The van der Waals surface area contributed by atoms with E-state index in [-0.39, 0.29) is 0 Å². The molecule has 0 spiro atoms. The van der Waals surface area contributed by atoms with Gasteiger partial charge in [-0.15, -0.1) is 12.3 Å². The molecule has 0 saturated carbocycles. The summed E-state index contributed by atoms with van der Waals surface area (Å²) in [6.45, 7) is 0.922. The van der Waals surface area contributed by atoms with E-state index in [1.54, 1.807) is 6.20 Å². The van der Waals surface area contributed by atoms with Crippen LogP contribution in [0.4, 0.5) is 11.5 Å². The van der Waals surface area contributed by atoms with Gasteiger partial charge in [-0.25, -0.2) is 4.98 Å². The fourth-order valence-corrected chi connectivity index (χ4v) is 1.14. The number of pyridine rings is 1.